The summed E-state index contributed by atoms with van der Waals surface area (Å²) in [5.41, 5.74) is 5.38. The van der Waals surface area contributed by atoms with Gasteiger partial charge in [0.2, 0.25) is 5.91 Å². The van der Waals surface area contributed by atoms with Crippen LogP contribution < -0.4 is 20.5 Å². The number of methoxy groups -OCH3 is 2. The maximum Gasteiger partial charge on any atom is 0.250 e. The van der Waals surface area contributed by atoms with Gasteiger partial charge in [-0.15, -0.1) is 12.4 Å². The van der Waals surface area contributed by atoms with Crippen LogP contribution in [-0.4, -0.2) is 58.5 Å². The molecule has 0 spiro atoms. The summed E-state index contributed by atoms with van der Waals surface area (Å²) in [4.78, 5) is 11.7. The Morgan fingerprint density at radius 3 is 2.44 bits per heavy atom. The highest BCUT2D eigenvalue weighted by molar-refractivity contribution is 7.89. The lowest BCUT2D eigenvalue weighted by molar-refractivity contribution is -0.121. The molecule has 2 rings (SSSR count). The summed E-state index contributed by atoms with van der Waals surface area (Å²) < 4.78 is 38.7. The van der Waals surface area contributed by atoms with Crippen molar-refractivity contribution in [2.24, 2.45) is 5.73 Å². The first-order valence-electron chi connectivity index (χ1n) is 8.65. The van der Waals surface area contributed by atoms with Gasteiger partial charge in [-0.05, 0) is 25.0 Å². The molecule has 1 atom stereocenters. The van der Waals surface area contributed by atoms with E-state index in [-0.39, 0.29) is 60.3 Å². The number of sulfonamides is 1. The first-order valence-corrected chi connectivity index (χ1v) is 10.1. The number of nitrogens with zero attached hydrogens (tertiary/aromatic N) is 1. The summed E-state index contributed by atoms with van der Waals surface area (Å²) in [7, 11) is -0.999. The zero-order chi connectivity index (χ0) is 19.2. The van der Waals surface area contributed by atoms with Gasteiger partial charge in [0, 0.05) is 32.1 Å². The molecule has 0 bridgehead atoms. The first-order chi connectivity index (χ1) is 12.5. The van der Waals surface area contributed by atoms with Gasteiger partial charge in [0.25, 0.3) is 10.0 Å². The number of amides is 1. The van der Waals surface area contributed by atoms with Crippen LogP contribution in [0.4, 0.5) is 0 Å². The van der Waals surface area contributed by atoms with Gasteiger partial charge >= 0.3 is 0 Å². The predicted molar refractivity (Wildman–Crippen MR) is 105 cm³/mol. The maximum absolute atomic E-state index is 13.4. The maximum atomic E-state index is 13.4. The van der Waals surface area contributed by atoms with Crippen molar-refractivity contribution >= 4 is 28.3 Å². The topological polar surface area (TPSA) is 111 Å². The van der Waals surface area contributed by atoms with Crippen molar-refractivity contribution in [3.8, 4) is 11.5 Å². The second-order valence-corrected chi connectivity index (χ2v) is 7.93. The van der Waals surface area contributed by atoms with E-state index in [0.29, 0.717) is 13.0 Å². The molecule has 154 valence electrons. The normalized spacial score (nSPS) is 17.7. The Morgan fingerprint density at radius 1 is 1.26 bits per heavy atom. The summed E-state index contributed by atoms with van der Waals surface area (Å²) in [6, 6.07) is 4.55. The zero-order valence-electron chi connectivity index (χ0n) is 15.6. The standard InChI is InChI=1S/C17H27N3O5S.ClH/c1-24-14-7-5-8-15(25-2)17(14)26(22,23)20-11-4-3-6-13(20)12-19-16(21)9-10-18;/h5,7-8,13H,3-4,6,9-12,18H2,1-2H3,(H,19,21);1H. The van der Waals surface area contributed by atoms with E-state index in [0.717, 1.165) is 12.8 Å². The van der Waals surface area contributed by atoms with Gasteiger partial charge in [0.05, 0.1) is 14.2 Å². The SMILES string of the molecule is COc1cccc(OC)c1S(=O)(=O)N1CCCCC1CNC(=O)CCN.Cl. The van der Waals surface area contributed by atoms with Gasteiger partial charge in [-0.3, -0.25) is 4.79 Å². The second-order valence-electron chi connectivity index (χ2n) is 6.10. The zero-order valence-corrected chi connectivity index (χ0v) is 17.3. The van der Waals surface area contributed by atoms with Crippen molar-refractivity contribution in [3.05, 3.63) is 18.2 Å². The Balaban J connectivity index is 0.00000364. The first kappa shape index (κ1) is 23.5. The van der Waals surface area contributed by atoms with Gasteiger partial charge in [-0.25, -0.2) is 8.42 Å². The molecule has 1 aromatic rings. The lowest BCUT2D eigenvalue weighted by Gasteiger charge is -2.35. The molecule has 8 nitrogen and oxygen atoms in total. The van der Waals surface area contributed by atoms with Crippen molar-refractivity contribution in [1.29, 1.82) is 0 Å². The van der Waals surface area contributed by atoms with Crippen LogP contribution in [0.25, 0.3) is 0 Å². The van der Waals surface area contributed by atoms with E-state index in [1.54, 1.807) is 18.2 Å². The van der Waals surface area contributed by atoms with Crippen LogP contribution in [0.3, 0.4) is 0 Å². The third-order valence-corrected chi connectivity index (χ3v) is 6.45. The molecule has 0 aliphatic carbocycles. The van der Waals surface area contributed by atoms with Crippen LogP contribution in [0.15, 0.2) is 23.1 Å². The molecule has 0 radical (unpaired) electrons. The summed E-state index contributed by atoms with van der Waals surface area (Å²) in [5.74, 6) is 0.298. The van der Waals surface area contributed by atoms with Crippen molar-refractivity contribution in [3.63, 3.8) is 0 Å². The average molecular weight is 422 g/mol. The van der Waals surface area contributed by atoms with E-state index in [1.807, 2.05) is 0 Å². The lowest BCUT2D eigenvalue weighted by Crippen LogP contribution is -2.49. The van der Waals surface area contributed by atoms with Gasteiger partial charge in [0.15, 0.2) is 4.90 Å². The van der Waals surface area contributed by atoms with E-state index in [4.69, 9.17) is 15.2 Å². The highest BCUT2D eigenvalue weighted by Crippen LogP contribution is 2.37. The van der Waals surface area contributed by atoms with Crippen LogP contribution in [-0.2, 0) is 14.8 Å². The molecule has 10 heteroatoms. The van der Waals surface area contributed by atoms with Crippen molar-refractivity contribution < 1.29 is 22.7 Å². The van der Waals surface area contributed by atoms with Gasteiger partial charge in [-0.2, -0.15) is 4.31 Å². The molecule has 1 aliphatic rings. The third kappa shape index (κ3) is 5.47. The van der Waals surface area contributed by atoms with E-state index in [9.17, 15) is 13.2 Å². The molecule has 3 N–H and O–H groups in total. The largest absolute Gasteiger partial charge is 0.495 e. The number of piperidine rings is 1. The fraction of sp³-hybridized carbons (Fsp3) is 0.588. The molecule has 0 saturated carbocycles. The fourth-order valence-corrected chi connectivity index (χ4v) is 5.12. The number of nitrogens with two attached hydrogens (primary N) is 1. The molecular weight excluding hydrogens is 394 g/mol. The summed E-state index contributed by atoms with van der Waals surface area (Å²) in [5, 5.41) is 2.78. The Bertz CT molecular complexity index is 707. The minimum absolute atomic E-state index is 0. The number of benzene rings is 1. The van der Waals surface area contributed by atoms with Crippen LogP contribution in [0.2, 0.25) is 0 Å². The third-order valence-electron chi connectivity index (χ3n) is 4.43. The number of carbonyl (C=O) groups is 1. The molecule has 1 saturated heterocycles. The average Bonchev–Trinajstić information content (AvgIpc) is 2.66. The summed E-state index contributed by atoms with van der Waals surface area (Å²) in [6.07, 6.45) is 2.58. The second kappa shape index (κ2) is 10.7. The van der Waals surface area contributed by atoms with E-state index >= 15 is 0 Å². The number of rotatable bonds is 8. The lowest BCUT2D eigenvalue weighted by atomic mass is 10.1. The highest BCUT2D eigenvalue weighted by atomic mass is 35.5. The smallest absolute Gasteiger partial charge is 0.250 e. The van der Waals surface area contributed by atoms with Crippen molar-refractivity contribution in [2.75, 3.05) is 33.9 Å². The molecule has 0 aromatic heterocycles. The molecule has 27 heavy (non-hydrogen) atoms. The van der Waals surface area contributed by atoms with Crippen LogP contribution in [0, 0.1) is 0 Å². The molecule has 1 heterocycles. The minimum Gasteiger partial charge on any atom is -0.495 e. The Morgan fingerprint density at radius 2 is 1.89 bits per heavy atom. The van der Waals surface area contributed by atoms with Crippen LogP contribution in [0.5, 0.6) is 11.5 Å². The number of halogens is 1. The van der Waals surface area contributed by atoms with Crippen LogP contribution >= 0.6 is 12.4 Å². The number of carbonyl (C=O) groups excluding carboxylic acids is 1. The number of nitrogens with one attached hydrogen (secondary N) is 1. The monoisotopic (exact) mass is 421 g/mol. The van der Waals surface area contributed by atoms with Gasteiger partial charge in [-0.1, -0.05) is 12.5 Å². The summed E-state index contributed by atoms with van der Waals surface area (Å²) in [6.45, 7) is 0.910. The molecule has 1 amide bonds. The molecule has 1 unspecified atom stereocenters. The fourth-order valence-electron chi connectivity index (χ4n) is 3.13. The molecular formula is C17H28ClN3O5S. The van der Waals surface area contributed by atoms with E-state index in [1.165, 1.54) is 18.5 Å². The number of hydrogen-bond donors (Lipinski definition) is 2. The van der Waals surface area contributed by atoms with Crippen molar-refractivity contribution in [1.82, 2.24) is 9.62 Å². The Kier molecular flexibility index (Phi) is 9.31. The van der Waals surface area contributed by atoms with E-state index in [2.05, 4.69) is 5.32 Å². The number of hydrogen-bond acceptors (Lipinski definition) is 6. The van der Waals surface area contributed by atoms with E-state index < -0.39 is 10.0 Å². The minimum atomic E-state index is -3.85. The van der Waals surface area contributed by atoms with Crippen LogP contribution in [0.1, 0.15) is 25.7 Å². The predicted octanol–water partition coefficient (Wildman–Crippen LogP) is 1.13. The van der Waals surface area contributed by atoms with Crippen molar-refractivity contribution in [2.45, 2.75) is 36.6 Å². The summed E-state index contributed by atoms with van der Waals surface area (Å²) >= 11 is 0. The molecule has 1 fully saturated rings. The number of ether oxygens (including phenoxy) is 2. The molecule has 1 aromatic carbocycles. The Labute approximate surface area is 166 Å². The Hall–Kier alpha value is -1.55. The quantitative estimate of drug-likeness (QED) is 0.651. The highest BCUT2D eigenvalue weighted by Gasteiger charge is 2.37. The van der Waals surface area contributed by atoms with Gasteiger partial charge < -0.3 is 20.5 Å². The molecule has 1 aliphatic heterocycles. The van der Waals surface area contributed by atoms with Gasteiger partial charge in [0.1, 0.15) is 11.5 Å².